The lowest BCUT2D eigenvalue weighted by Crippen LogP contribution is -2.36. The first-order chi connectivity index (χ1) is 11.9. The zero-order valence-electron chi connectivity index (χ0n) is 15.5. The number of benzene rings is 1. The Morgan fingerprint density at radius 1 is 1.20 bits per heavy atom. The zero-order chi connectivity index (χ0) is 17.6. The molecule has 0 saturated heterocycles. The Labute approximate surface area is 154 Å². The molecule has 25 heavy (non-hydrogen) atoms. The molecule has 1 atom stereocenters. The monoisotopic (exact) mass is 353 g/mol. The van der Waals surface area contributed by atoms with Gasteiger partial charge in [0.25, 0.3) is 5.91 Å². The van der Waals surface area contributed by atoms with Gasteiger partial charge >= 0.3 is 0 Å². The number of nitrogens with zero attached hydrogens (tertiary/aromatic N) is 1. The van der Waals surface area contributed by atoms with E-state index in [1.165, 1.54) is 22.4 Å². The van der Waals surface area contributed by atoms with E-state index in [9.17, 15) is 4.79 Å². The predicted octanol–water partition coefficient (Wildman–Crippen LogP) is 5.49. The van der Waals surface area contributed by atoms with E-state index < -0.39 is 0 Å². The van der Waals surface area contributed by atoms with Crippen molar-refractivity contribution in [1.29, 1.82) is 0 Å². The summed E-state index contributed by atoms with van der Waals surface area (Å²) in [5.74, 6) is 0.927. The van der Waals surface area contributed by atoms with Gasteiger partial charge in [0, 0.05) is 22.5 Å². The van der Waals surface area contributed by atoms with Gasteiger partial charge < -0.3 is 4.90 Å². The van der Waals surface area contributed by atoms with E-state index in [1.54, 1.807) is 11.3 Å². The van der Waals surface area contributed by atoms with Gasteiger partial charge in [-0.15, -0.1) is 11.3 Å². The third-order valence-electron chi connectivity index (χ3n) is 5.97. The summed E-state index contributed by atoms with van der Waals surface area (Å²) in [7, 11) is 0. The van der Waals surface area contributed by atoms with E-state index in [0.717, 1.165) is 49.4 Å². The van der Waals surface area contributed by atoms with Crippen LogP contribution in [0.25, 0.3) is 0 Å². The molecule has 0 bridgehead atoms. The molecule has 2 aliphatic rings. The molecule has 0 spiro atoms. The number of hydrogen-bond acceptors (Lipinski definition) is 2. The number of rotatable bonds is 1. The van der Waals surface area contributed by atoms with Crippen LogP contribution < -0.4 is 4.90 Å². The van der Waals surface area contributed by atoms with Crippen LogP contribution >= 0.6 is 11.3 Å². The fourth-order valence-corrected chi connectivity index (χ4v) is 5.48. The number of carbonyl (C=O) groups is 1. The summed E-state index contributed by atoms with van der Waals surface area (Å²) >= 11 is 1.80. The maximum Gasteiger partial charge on any atom is 0.259 e. The van der Waals surface area contributed by atoms with Crippen LogP contribution in [0, 0.1) is 11.3 Å². The molecule has 1 aliphatic heterocycles. The Morgan fingerprint density at radius 2 is 2.00 bits per heavy atom. The second-order valence-electron chi connectivity index (χ2n) is 8.55. The number of fused-ring (bicyclic) bond motifs is 2. The van der Waals surface area contributed by atoms with Crippen LogP contribution in [-0.4, -0.2) is 12.5 Å². The lowest BCUT2D eigenvalue weighted by molar-refractivity contribution is 0.0984. The maximum absolute atomic E-state index is 13.3. The Morgan fingerprint density at radius 3 is 2.80 bits per heavy atom. The highest BCUT2D eigenvalue weighted by Gasteiger charge is 2.33. The van der Waals surface area contributed by atoms with Gasteiger partial charge in [-0.1, -0.05) is 39.0 Å². The van der Waals surface area contributed by atoms with Crippen LogP contribution in [0.3, 0.4) is 0 Å². The molecule has 2 heterocycles. The molecule has 1 unspecified atom stereocenters. The van der Waals surface area contributed by atoms with E-state index in [-0.39, 0.29) is 5.91 Å². The third kappa shape index (κ3) is 3.03. The minimum Gasteiger partial charge on any atom is -0.308 e. The summed E-state index contributed by atoms with van der Waals surface area (Å²) < 4.78 is 0. The number of amides is 1. The van der Waals surface area contributed by atoms with Gasteiger partial charge in [-0.2, -0.15) is 0 Å². The van der Waals surface area contributed by atoms with Crippen molar-refractivity contribution >= 4 is 22.9 Å². The normalized spacial score (nSPS) is 20.1. The Bertz CT molecular complexity index is 799. The molecule has 3 heteroatoms. The van der Waals surface area contributed by atoms with E-state index in [2.05, 4.69) is 44.4 Å². The molecular formula is C22H27NOS. The van der Waals surface area contributed by atoms with Crippen molar-refractivity contribution in [3.63, 3.8) is 0 Å². The van der Waals surface area contributed by atoms with Gasteiger partial charge in [-0.3, -0.25) is 4.79 Å². The first-order valence-electron chi connectivity index (χ1n) is 9.44. The zero-order valence-corrected chi connectivity index (χ0v) is 16.3. The van der Waals surface area contributed by atoms with Crippen LogP contribution in [0.4, 0.5) is 5.69 Å². The molecule has 1 amide bonds. The molecule has 2 nitrogen and oxygen atoms in total. The summed E-state index contributed by atoms with van der Waals surface area (Å²) in [5, 5.41) is 2.12. The van der Waals surface area contributed by atoms with Crippen molar-refractivity contribution in [1.82, 2.24) is 0 Å². The Balaban J connectivity index is 1.63. The molecule has 0 fully saturated rings. The van der Waals surface area contributed by atoms with Gasteiger partial charge in [0.2, 0.25) is 0 Å². The summed E-state index contributed by atoms with van der Waals surface area (Å²) in [6, 6.07) is 8.37. The molecule has 0 N–H and O–H groups in total. The highest BCUT2D eigenvalue weighted by atomic mass is 32.1. The average Bonchev–Trinajstić information content (AvgIpc) is 3.03. The average molecular weight is 354 g/mol. The van der Waals surface area contributed by atoms with Crippen LogP contribution in [0.1, 0.15) is 60.0 Å². The van der Waals surface area contributed by atoms with Gasteiger partial charge in [-0.25, -0.2) is 0 Å². The van der Waals surface area contributed by atoms with Crippen molar-refractivity contribution in [2.24, 2.45) is 11.3 Å². The molecule has 0 saturated carbocycles. The smallest absolute Gasteiger partial charge is 0.259 e. The highest BCUT2D eigenvalue weighted by Crippen LogP contribution is 2.41. The van der Waals surface area contributed by atoms with E-state index in [4.69, 9.17) is 0 Å². The number of anilines is 1. The fourth-order valence-electron chi connectivity index (χ4n) is 4.32. The molecule has 1 aromatic carbocycles. The minimum absolute atomic E-state index is 0.207. The molecule has 4 rings (SSSR count). The number of carbonyl (C=O) groups excluding carboxylic acids is 1. The van der Waals surface area contributed by atoms with Gasteiger partial charge in [0.05, 0.1) is 5.56 Å². The molecule has 1 aromatic heterocycles. The number of aryl methyl sites for hydroxylation is 1. The summed E-state index contributed by atoms with van der Waals surface area (Å²) in [5.41, 5.74) is 5.06. The predicted molar refractivity (Wildman–Crippen MR) is 106 cm³/mol. The maximum atomic E-state index is 13.3. The van der Waals surface area contributed by atoms with Crippen LogP contribution in [0.15, 0.2) is 29.6 Å². The second-order valence-corrected chi connectivity index (χ2v) is 9.51. The van der Waals surface area contributed by atoms with Gasteiger partial charge in [-0.05, 0) is 60.6 Å². The van der Waals surface area contributed by atoms with Crippen LogP contribution in [0.5, 0.6) is 0 Å². The fraction of sp³-hybridized carbons (Fsp3) is 0.500. The lowest BCUT2D eigenvalue weighted by atomic mass is 9.72. The number of hydrogen-bond donors (Lipinski definition) is 0. The van der Waals surface area contributed by atoms with Crippen molar-refractivity contribution in [3.05, 3.63) is 51.2 Å². The minimum atomic E-state index is 0.207. The van der Waals surface area contributed by atoms with Crippen LogP contribution in [0.2, 0.25) is 0 Å². The highest BCUT2D eigenvalue weighted by molar-refractivity contribution is 7.10. The molecule has 132 valence electrons. The standard InChI is InChI=1S/C22H27NOS/c1-22(2,3)16-10-11-17-18(14-25-20(17)13-16)21(24)23-12-6-8-15-7-4-5-9-19(15)23/h4-5,7,9,14,16H,6,8,10-13H2,1-3H3. The molecular weight excluding hydrogens is 326 g/mol. The quantitative estimate of drug-likeness (QED) is 0.663. The second kappa shape index (κ2) is 6.28. The van der Waals surface area contributed by atoms with E-state index in [1.807, 2.05) is 11.0 Å². The number of para-hydroxylation sites is 1. The van der Waals surface area contributed by atoms with Crippen molar-refractivity contribution in [3.8, 4) is 0 Å². The lowest BCUT2D eigenvalue weighted by Gasteiger charge is -2.34. The largest absolute Gasteiger partial charge is 0.308 e. The van der Waals surface area contributed by atoms with E-state index in [0.29, 0.717) is 5.41 Å². The summed E-state index contributed by atoms with van der Waals surface area (Å²) in [6.07, 6.45) is 5.52. The third-order valence-corrected chi connectivity index (χ3v) is 7.02. The Hall–Kier alpha value is -1.61. The van der Waals surface area contributed by atoms with E-state index >= 15 is 0 Å². The molecule has 1 aliphatic carbocycles. The van der Waals surface area contributed by atoms with Crippen LogP contribution in [-0.2, 0) is 19.3 Å². The van der Waals surface area contributed by atoms with Crippen molar-refractivity contribution in [2.75, 3.05) is 11.4 Å². The number of thiophene rings is 1. The summed E-state index contributed by atoms with van der Waals surface area (Å²) in [6.45, 7) is 7.86. The van der Waals surface area contributed by atoms with Gasteiger partial charge in [0.1, 0.15) is 0 Å². The Kier molecular flexibility index (Phi) is 4.23. The molecule has 0 radical (unpaired) electrons. The summed E-state index contributed by atoms with van der Waals surface area (Å²) in [4.78, 5) is 16.8. The first kappa shape index (κ1) is 16.8. The van der Waals surface area contributed by atoms with Gasteiger partial charge in [0.15, 0.2) is 0 Å². The molecule has 2 aromatic rings. The topological polar surface area (TPSA) is 20.3 Å². The van der Waals surface area contributed by atoms with Crippen molar-refractivity contribution < 1.29 is 4.79 Å². The first-order valence-corrected chi connectivity index (χ1v) is 10.3. The van der Waals surface area contributed by atoms with Crippen molar-refractivity contribution in [2.45, 2.75) is 52.9 Å². The SMILES string of the molecule is CC(C)(C)C1CCc2c(C(=O)N3CCCc4ccccc43)csc2C1.